The molecule has 0 saturated carbocycles. The molecule has 3 atom stereocenters. The molecule has 0 unspecified atom stereocenters. The lowest BCUT2D eigenvalue weighted by Crippen LogP contribution is -2.47. The van der Waals surface area contributed by atoms with E-state index in [0.717, 1.165) is 0 Å². The Hall–Kier alpha value is -1.17. The molecule has 22 heavy (non-hydrogen) atoms. The van der Waals surface area contributed by atoms with E-state index in [1.807, 2.05) is 0 Å². The topological polar surface area (TPSA) is 51.7 Å². The van der Waals surface area contributed by atoms with Crippen LogP contribution in [0, 0.1) is 0 Å². The quantitative estimate of drug-likeness (QED) is 0.459. The van der Waals surface area contributed by atoms with Crippen LogP contribution in [0.15, 0.2) is 23.9 Å². The Morgan fingerprint density at radius 3 is 2.82 bits per heavy atom. The smallest absolute Gasteiger partial charge is 0.338 e. The first kappa shape index (κ1) is 15.7. The number of pyridine rings is 1. The molecule has 0 amide bonds. The van der Waals surface area contributed by atoms with Crippen LogP contribution in [-0.2, 0) is 9.53 Å². The molecule has 0 bridgehead atoms. The highest BCUT2D eigenvalue weighted by Gasteiger charge is 2.49. The number of halogens is 3. The number of rotatable bonds is 2. The van der Waals surface area contributed by atoms with Crippen LogP contribution in [-0.4, -0.2) is 38.4 Å². The monoisotopic (exact) mass is 362 g/mol. The first-order valence-electron chi connectivity index (χ1n) is 6.71. The number of aromatic nitrogens is 1. The minimum absolute atomic E-state index is 0.213. The summed E-state index contributed by atoms with van der Waals surface area (Å²) in [6, 6.07) is 3.46. The summed E-state index contributed by atoms with van der Waals surface area (Å²) in [4.78, 5) is 22.4. The molecule has 0 aliphatic carbocycles. The lowest BCUT2D eigenvalue weighted by atomic mass is 10.0. The second-order valence-electron chi connectivity index (χ2n) is 5.20. The summed E-state index contributed by atoms with van der Waals surface area (Å²) in [5.74, 6) is -0.0565. The third-order valence-corrected chi connectivity index (χ3v) is 4.96. The first-order chi connectivity index (χ1) is 10.4. The van der Waals surface area contributed by atoms with Gasteiger partial charge in [-0.25, -0.2) is 4.79 Å². The number of nitrogens with zero attached hydrogens (tertiary/aromatic N) is 2. The number of carbonyl (C=O) groups excluding carboxylic acids is 1. The van der Waals surface area contributed by atoms with E-state index in [4.69, 9.17) is 44.4 Å². The number of alkyl halides is 3. The molecule has 1 aromatic heterocycles. The largest absolute Gasteiger partial charge is 0.460 e. The number of ether oxygens (including phenoxy) is 1. The van der Waals surface area contributed by atoms with Crippen LogP contribution in [0.4, 0.5) is 0 Å². The molecule has 8 heteroatoms. The molecule has 0 fully saturated rings. The lowest BCUT2D eigenvalue weighted by molar-refractivity contribution is -0.143. The number of esters is 1. The fourth-order valence-electron chi connectivity index (χ4n) is 2.36. The number of hydrogen-bond donors (Lipinski definition) is 0. The van der Waals surface area contributed by atoms with Gasteiger partial charge < -0.3 is 9.57 Å². The minimum atomic E-state index is -0.807. The van der Waals surface area contributed by atoms with Crippen molar-refractivity contribution in [3.63, 3.8) is 0 Å². The van der Waals surface area contributed by atoms with E-state index in [-0.39, 0.29) is 11.7 Å². The predicted molar refractivity (Wildman–Crippen MR) is 83.8 cm³/mol. The van der Waals surface area contributed by atoms with E-state index in [9.17, 15) is 4.79 Å². The first-order valence-corrected chi connectivity index (χ1v) is 8.02. The maximum absolute atomic E-state index is 12.4. The van der Waals surface area contributed by atoms with E-state index in [0.29, 0.717) is 17.1 Å². The fraction of sp³-hybridized carbons (Fsp3) is 0.429. The predicted octanol–water partition coefficient (Wildman–Crippen LogP) is 3.15. The van der Waals surface area contributed by atoms with E-state index >= 15 is 0 Å². The van der Waals surface area contributed by atoms with E-state index in [2.05, 4.69) is 4.98 Å². The molecule has 2 aliphatic rings. The summed E-state index contributed by atoms with van der Waals surface area (Å²) in [5.41, 5.74) is 0.393. The summed E-state index contributed by atoms with van der Waals surface area (Å²) in [6.07, 6.45) is 1.31. The summed E-state index contributed by atoms with van der Waals surface area (Å²) < 4.78 is 5.27. The molecule has 0 N–H and O–H groups in total. The van der Waals surface area contributed by atoms with Crippen LogP contribution in [0.2, 0.25) is 0 Å². The molecule has 0 spiro atoms. The summed E-state index contributed by atoms with van der Waals surface area (Å²) in [5, 5.41) is -0.165. The van der Waals surface area contributed by atoms with Crippen LogP contribution in [0.25, 0.3) is 5.70 Å². The van der Waals surface area contributed by atoms with Gasteiger partial charge in [0.25, 0.3) is 0 Å². The van der Waals surface area contributed by atoms with Gasteiger partial charge >= 0.3 is 5.97 Å². The number of fused-ring (bicyclic) bond motifs is 3. The maximum atomic E-state index is 12.4. The lowest BCUT2D eigenvalue weighted by Gasteiger charge is -2.35. The average molecular weight is 364 g/mol. The molecular formula is C14H13Cl3N2O3. The van der Waals surface area contributed by atoms with Gasteiger partial charge in [-0.3, -0.25) is 4.98 Å². The van der Waals surface area contributed by atoms with Crippen molar-refractivity contribution in [3.8, 4) is 5.75 Å². The summed E-state index contributed by atoms with van der Waals surface area (Å²) in [7, 11) is 0. The van der Waals surface area contributed by atoms with Gasteiger partial charge in [-0.1, -0.05) is 11.6 Å². The van der Waals surface area contributed by atoms with Gasteiger partial charge in [0.1, 0.15) is 11.4 Å². The zero-order valence-corrected chi connectivity index (χ0v) is 14.1. The Morgan fingerprint density at radius 1 is 1.41 bits per heavy atom. The number of hydrogen-bond acceptors (Lipinski definition) is 5. The van der Waals surface area contributed by atoms with Crippen molar-refractivity contribution >= 4 is 46.5 Å². The molecule has 1 aromatic rings. The van der Waals surface area contributed by atoms with Crippen LogP contribution >= 0.6 is 34.8 Å². The zero-order chi connectivity index (χ0) is 16.0. The van der Waals surface area contributed by atoms with Gasteiger partial charge in [-0.2, -0.15) is 5.06 Å². The summed E-state index contributed by atoms with van der Waals surface area (Å²) in [6.45, 7) is 3.51. The number of carbonyl (C=O) groups is 1. The van der Waals surface area contributed by atoms with Gasteiger partial charge in [0, 0.05) is 6.20 Å². The highest BCUT2D eigenvalue weighted by atomic mass is 35.5. The maximum Gasteiger partial charge on any atom is 0.338 e. The molecule has 3 rings (SSSR count). The molecule has 2 aliphatic heterocycles. The van der Waals surface area contributed by atoms with Crippen molar-refractivity contribution in [2.45, 2.75) is 36.2 Å². The summed E-state index contributed by atoms with van der Waals surface area (Å²) >= 11 is 18.9. The molecule has 3 heterocycles. The Kier molecular flexibility index (Phi) is 4.14. The molecule has 5 nitrogen and oxygen atoms in total. The highest BCUT2D eigenvalue weighted by Crippen LogP contribution is 2.46. The third kappa shape index (κ3) is 2.41. The van der Waals surface area contributed by atoms with Gasteiger partial charge in [-0.05, 0) is 26.0 Å². The standard InChI is InChI=1S/C14H13Cl3N2O3/c1-6(2)21-14(20)8-9(15)10(16)13(17)19-12(8)11-7(22-19)4-3-5-18-11/h3-6,9-10,13H,1-2H3/t9-,10-,13+/m1/s1. The van der Waals surface area contributed by atoms with Gasteiger partial charge in [0.05, 0.1) is 22.4 Å². The Balaban J connectivity index is 2.16. The van der Waals surface area contributed by atoms with Crippen molar-refractivity contribution in [2.24, 2.45) is 0 Å². The normalized spacial score (nSPS) is 26.6. The van der Waals surface area contributed by atoms with E-state index in [1.165, 1.54) is 5.06 Å². The van der Waals surface area contributed by atoms with Gasteiger partial charge in [-0.15, -0.1) is 23.2 Å². The molecular weight excluding hydrogens is 351 g/mol. The van der Waals surface area contributed by atoms with E-state index in [1.54, 1.807) is 32.2 Å². The minimum Gasteiger partial charge on any atom is -0.460 e. The van der Waals surface area contributed by atoms with Crippen LogP contribution < -0.4 is 4.84 Å². The zero-order valence-electron chi connectivity index (χ0n) is 11.8. The van der Waals surface area contributed by atoms with E-state index < -0.39 is 22.2 Å². The second-order valence-corrected chi connectivity index (χ2v) is 6.62. The molecule has 0 radical (unpaired) electrons. The Morgan fingerprint density at radius 2 is 2.14 bits per heavy atom. The Labute approximate surface area is 142 Å². The molecule has 0 saturated heterocycles. The second kappa shape index (κ2) is 5.80. The van der Waals surface area contributed by atoms with Crippen LogP contribution in [0.5, 0.6) is 5.75 Å². The van der Waals surface area contributed by atoms with Crippen LogP contribution in [0.1, 0.15) is 19.5 Å². The third-order valence-electron chi connectivity index (χ3n) is 3.27. The van der Waals surface area contributed by atoms with Crippen LogP contribution in [0.3, 0.4) is 0 Å². The van der Waals surface area contributed by atoms with Crippen molar-refractivity contribution < 1.29 is 14.4 Å². The van der Waals surface area contributed by atoms with Gasteiger partial charge in [0.2, 0.25) is 0 Å². The van der Waals surface area contributed by atoms with Crippen molar-refractivity contribution in [1.82, 2.24) is 10.0 Å². The highest BCUT2D eigenvalue weighted by molar-refractivity contribution is 6.38. The van der Waals surface area contributed by atoms with Gasteiger partial charge in [0.15, 0.2) is 11.3 Å². The van der Waals surface area contributed by atoms with Crippen molar-refractivity contribution in [3.05, 3.63) is 29.6 Å². The molecule has 0 aromatic carbocycles. The number of hydroxylamine groups is 2. The SMILES string of the molecule is CC(C)OC(=O)C1=C2c3ncccc3ON2[C@H](Cl)[C@H](Cl)[C@@H]1Cl. The average Bonchev–Trinajstić information content (AvgIpc) is 2.84. The Bertz CT molecular complexity index is 650. The van der Waals surface area contributed by atoms with Crippen molar-refractivity contribution in [2.75, 3.05) is 0 Å². The van der Waals surface area contributed by atoms with Crippen molar-refractivity contribution in [1.29, 1.82) is 0 Å². The fourth-order valence-corrected chi connectivity index (χ4v) is 3.28. The molecule has 118 valence electrons.